The van der Waals surface area contributed by atoms with Crippen molar-refractivity contribution in [1.82, 2.24) is 9.97 Å². The fourth-order valence-electron chi connectivity index (χ4n) is 8.33. The second-order valence-corrected chi connectivity index (χ2v) is 21.1. The second-order valence-electron chi connectivity index (χ2n) is 17.1. The number of para-hydroxylation sites is 2. The summed E-state index contributed by atoms with van der Waals surface area (Å²) in [5.41, 5.74) is 9.50. The predicted molar refractivity (Wildman–Crippen MR) is 318 cm³/mol. The van der Waals surface area contributed by atoms with E-state index in [-0.39, 0.29) is 95.9 Å². The van der Waals surface area contributed by atoms with Gasteiger partial charge in [0.1, 0.15) is 21.8 Å². The first-order valence-corrected chi connectivity index (χ1v) is 23.6. The van der Waals surface area contributed by atoms with E-state index in [4.69, 9.17) is 9.97 Å². The van der Waals surface area contributed by atoms with Crippen LogP contribution in [0.5, 0.6) is 0 Å². The largest absolute Gasteiger partial charge is 0.347 e. The molecule has 2 aliphatic heterocycles. The van der Waals surface area contributed by atoms with Gasteiger partial charge in [-0.05, 0) is 89.4 Å². The molecule has 0 bridgehead atoms. The topological polar surface area (TPSA) is 40.0 Å². The number of fused-ring (bicyclic) bond motifs is 4. The molecule has 0 saturated heterocycles. The van der Waals surface area contributed by atoms with E-state index in [9.17, 15) is 0 Å². The van der Waals surface area contributed by atoms with E-state index in [1.807, 2.05) is 14.1 Å². The first-order valence-electron chi connectivity index (χ1n) is 20.4. The smallest absolute Gasteiger partial charge is 0.342 e. The molecule has 0 radical (unpaired) electrons. The Kier molecular flexibility index (Phi) is 20.5. The minimum atomic E-state index is 0. The highest BCUT2D eigenvalue weighted by molar-refractivity contribution is 14.0. The molecule has 0 N–H and O–H groups in total. The number of pyridine rings is 2. The summed E-state index contributed by atoms with van der Waals surface area (Å²) >= 11 is 10.7. The quantitative estimate of drug-likeness (QED) is 0.0619. The Balaban J connectivity index is 0.00000218. The van der Waals surface area contributed by atoms with Crippen molar-refractivity contribution in [1.29, 1.82) is 0 Å². The maximum absolute atomic E-state index is 4.94. The highest BCUT2D eigenvalue weighted by Gasteiger charge is 2.24. The maximum Gasteiger partial charge on any atom is 0.342 e. The summed E-state index contributed by atoms with van der Waals surface area (Å²) in [6.45, 7) is 6.65. The van der Waals surface area contributed by atoms with Gasteiger partial charge in [0.2, 0.25) is 10.0 Å². The molecule has 8 rings (SSSR count). The molecule has 6 aromatic rings. The number of anilines is 2. The van der Waals surface area contributed by atoms with Crippen LogP contribution in [0, 0.1) is 0 Å². The zero-order valence-corrected chi connectivity index (χ0v) is 50.7. The predicted octanol–water partition coefficient (Wildman–Crippen LogP) is 12.3. The Morgan fingerprint density at radius 2 is 0.968 bits per heavy atom. The van der Waals surface area contributed by atoms with Gasteiger partial charge in [-0.3, -0.25) is 0 Å². The summed E-state index contributed by atoms with van der Waals surface area (Å²) in [7, 11) is 13.7. The van der Waals surface area contributed by atoms with Crippen LogP contribution in [-0.4, -0.2) is 86.4 Å². The molecule has 16 heteroatoms. The summed E-state index contributed by atoms with van der Waals surface area (Å²) < 4.78 is 10.7. The lowest BCUT2D eigenvalue weighted by molar-refractivity contribution is -0.909. The van der Waals surface area contributed by atoms with Gasteiger partial charge < -0.3 is 18.8 Å². The van der Waals surface area contributed by atoms with Crippen LogP contribution in [0.25, 0.3) is 44.0 Å². The van der Waals surface area contributed by atoms with Gasteiger partial charge in [0.25, 0.3) is 0 Å². The van der Waals surface area contributed by atoms with Gasteiger partial charge in [-0.15, -0.1) is 95.9 Å². The summed E-state index contributed by atoms with van der Waals surface area (Å²) in [5, 5.41) is 2.05. The highest BCUT2D eigenvalue weighted by Crippen LogP contribution is 2.37. The van der Waals surface area contributed by atoms with Gasteiger partial charge >= 0.3 is 11.3 Å². The molecular weight excluding hydrogens is 1410 g/mol. The molecule has 0 atom stereocenters. The zero-order chi connectivity index (χ0) is 41.3. The summed E-state index contributed by atoms with van der Waals surface area (Å²) in [6.07, 6.45) is 21.1. The van der Waals surface area contributed by atoms with Crippen molar-refractivity contribution in [3.8, 4) is 0 Å². The number of thiazole rings is 2. The van der Waals surface area contributed by atoms with Crippen molar-refractivity contribution in [2.24, 2.45) is 14.1 Å². The molecule has 336 valence electrons. The number of allylic oxidation sites excluding steroid dienone is 4. The van der Waals surface area contributed by atoms with Gasteiger partial charge in [0.05, 0.1) is 77.4 Å². The molecule has 2 aromatic carbocycles. The van der Waals surface area contributed by atoms with Crippen LogP contribution in [0.15, 0.2) is 107 Å². The van der Waals surface area contributed by atoms with Crippen LogP contribution < -0.4 is 18.9 Å². The van der Waals surface area contributed by atoms with Crippen LogP contribution in [0.2, 0.25) is 0 Å². The fourth-order valence-corrected chi connectivity index (χ4v) is 11.7. The number of benzene rings is 2. The van der Waals surface area contributed by atoms with E-state index >= 15 is 0 Å². The summed E-state index contributed by atoms with van der Waals surface area (Å²) in [4.78, 5) is 14.7. The lowest BCUT2D eigenvalue weighted by atomic mass is 9.99. The standard InChI is InChI=1S/C47H54Br2N8S2.4HI/c1-52-32-36(48)30-42-46(52)50-44(58-42)28-34-18-22-54(40-16-9-7-14-38(34)40)20-11-24-56(3,4)26-13-27-57(5,6)25-12-21-55-23-19-35(39-15-8-10-17-41(39)55)29-45-51-47-43(59-45)31-37(49)33-53(47)2;;;;/h7-10,14-19,22-23,28-33H,11-13,20-21,24-27H2,1-6H3;4*1H/q+4;;;;. The average molecular weight is 1470 g/mol. The van der Waals surface area contributed by atoms with Crippen LogP contribution in [-0.2, 0) is 14.1 Å². The normalized spacial score (nSPS) is 14.6. The number of quaternary nitrogens is 2. The number of aryl methyl sites for hydroxylation is 2. The van der Waals surface area contributed by atoms with Crippen LogP contribution in [0.4, 0.5) is 11.4 Å². The average Bonchev–Trinajstić information content (AvgIpc) is 3.80. The lowest BCUT2D eigenvalue weighted by Crippen LogP contribution is -2.47. The van der Waals surface area contributed by atoms with Crippen molar-refractivity contribution in [3.63, 3.8) is 0 Å². The third kappa shape index (κ3) is 13.5. The minimum Gasteiger partial charge on any atom is -0.347 e. The van der Waals surface area contributed by atoms with Crippen molar-refractivity contribution < 1.29 is 18.1 Å². The molecular formula is C47H58Br2I4N8S2+4. The SMILES string of the molecule is C[n+]1cc(Br)cc2sc(/C=C3\C=CN(CCC[N+](C)(C)CCC[N+](C)(C)CCCN4C=C/C(=C\c5nc6c(cc(Br)c[n+]6C)s5)c5ccccc54)c4ccccc43)nc21.I.I.I.I. The Labute approximate surface area is 466 Å². The van der Waals surface area contributed by atoms with Gasteiger partial charge in [-0.2, -0.15) is 0 Å². The molecule has 0 unspecified atom stereocenters. The number of rotatable bonds is 14. The fraction of sp³-hybridized carbons (Fsp3) is 0.319. The summed E-state index contributed by atoms with van der Waals surface area (Å²) in [6, 6.07) is 21.9. The van der Waals surface area contributed by atoms with Gasteiger partial charge in [0.15, 0.2) is 0 Å². The maximum atomic E-state index is 4.94. The van der Waals surface area contributed by atoms with Crippen molar-refractivity contribution >= 4 is 206 Å². The molecule has 0 spiro atoms. The molecule has 0 saturated carbocycles. The van der Waals surface area contributed by atoms with E-state index in [2.05, 4.69) is 189 Å². The third-order valence-electron chi connectivity index (χ3n) is 11.5. The number of aromatic nitrogens is 4. The molecule has 0 aliphatic carbocycles. The van der Waals surface area contributed by atoms with Gasteiger partial charge in [0, 0.05) is 79.4 Å². The van der Waals surface area contributed by atoms with E-state index < -0.39 is 0 Å². The molecule has 0 fully saturated rings. The third-order valence-corrected chi connectivity index (χ3v) is 14.2. The Morgan fingerprint density at radius 1 is 0.587 bits per heavy atom. The molecule has 8 nitrogen and oxygen atoms in total. The van der Waals surface area contributed by atoms with E-state index in [1.165, 1.54) is 62.6 Å². The Morgan fingerprint density at radius 3 is 1.38 bits per heavy atom. The zero-order valence-electron chi connectivity index (χ0n) is 36.5. The van der Waals surface area contributed by atoms with Gasteiger partial charge in [-0.1, -0.05) is 59.1 Å². The van der Waals surface area contributed by atoms with E-state index in [1.54, 1.807) is 22.7 Å². The number of hydrogen-bond donors (Lipinski definition) is 0. The van der Waals surface area contributed by atoms with Crippen LogP contribution >= 0.6 is 150 Å². The molecule has 2 aliphatic rings. The monoisotopic (exact) mass is 1460 g/mol. The number of halogens is 6. The minimum absolute atomic E-state index is 0. The van der Waals surface area contributed by atoms with E-state index in [0.29, 0.717) is 0 Å². The molecule has 6 heterocycles. The lowest BCUT2D eigenvalue weighted by Gasteiger charge is -2.35. The first-order chi connectivity index (χ1) is 28.3. The first kappa shape index (κ1) is 54.5. The van der Waals surface area contributed by atoms with Crippen LogP contribution in [0.3, 0.4) is 0 Å². The van der Waals surface area contributed by atoms with Gasteiger partial charge in [-0.25, -0.2) is 9.13 Å². The second kappa shape index (κ2) is 23.7. The van der Waals surface area contributed by atoms with Crippen molar-refractivity contribution in [3.05, 3.63) is 128 Å². The summed E-state index contributed by atoms with van der Waals surface area (Å²) in [5.74, 6) is 0. The van der Waals surface area contributed by atoms with E-state index in [0.717, 1.165) is 78.2 Å². The Bertz CT molecular complexity index is 2480. The van der Waals surface area contributed by atoms with Crippen molar-refractivity contribution in [2.75, 3.05) is 77.3 Å². The Hall–Kier alpha value is -1.12. The number of nitrogens with zero attached hydrogens (tertiary/aromatic N) is 8. The highest BCUT2D eigenvalue weighted by atomic mass is 127. The number of hydrogen-bond acceptors (Lipinski definition) is 6. The molecule has 0 amide bonds. The van der Waals surface area contributed by atoms with Crippen molar-refractivity contribution in [2.45, 2.75) is 19.3 Å². The molecule has 4 aromatic heterocycles. The van der Waals surface area contributed by atoms with Crippen LogP contribution in [0.1, 0.15) is 40.4 Å². The molecule has 63 heavy (non-hydrogen) atoms.